The van der Waals surface area contributed by atoms with Crippen molar-refractivity contribution in [3.63, 3.8) is 0 Å². The van der Waals surface area contributed by atoms with Crippen LogP contribution in [-0.2, 0) is 16.0 Å². The number of carbonyl (C=O) groups is 2. The molecule has 0 bridgehead atoms. The van der Waals surface area contributed by atoms with Gasteiger partial charge in [-0.15, -0.1) is 0 Å². The lowest BCUT2D eigenvalue weighted by molar-refractivity contribution is -0.137. The van der Waals surface area contributed by atoms with Crippen LogP contribution in [-0.4, -0.2) is 77.8 Å². The van der Waals surface area contributed by atoms with Crippen molar-refractivity contribution in [3.05, 3.63) is 84.2 Å². The first-order valence-electron chi connectivity index (χ1n) is 14.9. The molecule has 8 heteroatoms. The second-order valence-corrected chi connectivity index (χ2v) is 9.74. The van der Waals surface area contributed by atoms with Gasteiger partial charge in [-0.05, 0) is 67.1 Å². The monoisotopic (exact) mass is 547 g/mol. The van der Waals surface area contributed by atoms with Gasteiger partial charge in [-0.1, -0.05) is 30.3 Å². The smallest absolute Gasteiger partial charge is 0.303 e. The topological polar surface area (TPSA) is 92.2 Å². The van der Waals surface area contributed by atoms with Gasteiger partial charge in [-0.3, -0.25) is 19.5 Å². The summed E-state index contributed by atoms with van der Waals surface area (Å²) in [6.45, 7) is 2.13. The molecule has 0 unspecified atom stereocenters. The van der Waals surface area contributed by atoms with E-state index in [2.05, 4.69) is 9.88 Å². The summed E-state index contributed by atoms with van der Waals surface area (Å²) in [5.74, 6) is -0.841. The van der Waals surface area contributed by atoms with Gasteiger partial charge in [0.2, 0.25) is 0 Å². The molecule has 1 saturated heterocycles. The fraction of sp³-hybridized carbons (Fsp3) is 0.406. The Kier molecular flexibility index (Phi) is 10.4. The van der Waals surface area contributed by atoms with Crippen LogP contribution in [0.1, 0.15) is 50.8 Å². The SMILES string of the molecule is [2H]C([2H])(c1ccccc1OCCCCCC(=O)O)N(CCCN1CCOCC1)C(=O)c1ccc(-c2ccncc2)cc1. The number of unbranched alkanes of at least 4 members (excludes halogenated alkanes) is 2. The maximum Gasteiger partial charge on any atom is 0.303 e. The fourth-order valence-electron chi connectivity index (χ4n) is 4.56. The van der Waals surface area contributed by atoms with E-state index in [0.717, 1.165) is 30.8 Å². The highest BCUT2D eigenvalue weighted by Gasteiger charge is 2.19. The minimum absolute atomic E-state index is 0.115. The number of rotatable bonds is 15. The molecule has 1 aromatic heterocycles. The van der Waals surface area contributed by atoms with Crippen LogP contribution in [0, 0.1) is 0 Å². The number of aromatic nitrogens is 1. The Labute approximate surface area is 239 Å². The van der Waals surface area contributed by atoms with Crippen LogP contribution >= 0.6 is 0 Å². The van der Waals surface area contributed by atoms with Crippen molar-refractivity contribution in [1.82, 2.24) is 14.8 Å². The summed E-state index contributed by atoms with van der Waals surface area (Å²) in [5.41, 5.74) is 2.61. The van der Waals surface area contributed by atoms with Gasteiger partial charge in [-0.2, -0.15) is 0 Å². The van der Waals surface area contributed by atoms with Crippen molar-refractivity contribution in [1.29, 1.82) is 0 Å². The fourth-order valence-corrected chi connectivity index (χ4v) is 4.56. The molecule has 0 saturated carbocycles. The molecular weight excluding hydrogens is 506 g/mol. The molecule has 2 heterocycles. The van der Waals surface area contributed by atoms with Crippen LogP contribution < -0.4 is 4.74 Å². The first-order valence-corrected chi connectivity index (χ1v) is 13.9. The average Bonchev–Trinajstić information content (AvgIpc) is 3.01. The van der Waals surface area contributed by atoms with E-state index < -0.39 is 18.4 Å². The second-order valence-electron chi connectivity index (χ2n) is 9.74. The molecule has 1 amide bonds. The summed E-state index contributed by atoms with van der Waals surface area (Å²) in [4.78, 5) is 32.3. The van der Waals surface area contributed by atoms with E-state index in [1.165, 1.54) is 4.90 Å². The number of carboxylic acids is 1. The molecule has 3 aromatic rings. The largest absolute Gasteiger partial charge is 0.493 e. The zero-order valence-corrected chi connectivity index (χ0v) is 22.8. The van der Waals surface area contributed by atoms with Crippen molar-refractivity contribution in [3.8, 4) is 16.9 Å². The van der Waals surface area contributed by atoms with E-state index in [1.807, 2.05) is 24.3 Å². The van der Waals surface area contributed by atoms with Gasteiger partial charge in [-0.25, -0.2) is 0 Å². The van der Waals surface area contributed by atoms with Crippen molar-refractivity contribution < 1.29 is 26.9 Å². The van der Waals surface area contributed by atoms with Gasteiger partial charge >= 0.3 is 5.97 Å². The Morgan fingerprint density at radius 2 is 1.68 bits per heavy atom. The van der Waals surface area contributed by atoms with Crippen molar-refractivity contribution in [2.45, 2.75) is 38.6 Å². The molecule has 1 N–H and O–H groups in total. The molecular formula is C32H39N3O5. The number of hydrogen-bond acceptors (Lipinski definition) is 6. The zero-order valence-electron chi connectivity index (χ0n) is 24.8. The molecule has 1 aliphatic rings. The van der Waals surface area contributed by atoms with Crippen LogP contribution in [0.4, 0.5) is 0 Å². The number of hydrogen-bond donors (Lipinski definition) is 1. The summed E-state index contributed by atoms with van der Waals surface area (Å²) in [5, 5.41) is 8.84. The van der Waals surface area contributed by atoms with Gasteiger partial charge in [0, 0.05) is 62.6 Å². The highest BCUT2D eigenvalue weighted by atomic mass is 16.5. The standard InChI is InChI=1S/C32H39N3O5/c36-31(37)9-2-1-5-22-40-30-8-4-3-7-29(30)25-35(19-6-18-34-20-23-39-24-21-34)32(38)28-12-10-26(11-13-28)27-14-16-33-17-15-27/h3-4,7-8,10-17H,1-2,5-6,9,18-25H2,(H,36,37)/i25D2. The third-order valence-corrected chi connectivity index (χ3v) is 6.79. The second kappa shape index (κ2) is 15.7. The average molecular weight is 548 g/mol. The maximum atomic E-state index is 13.9. The van der Waals surface area contributed by atoms with Crippen LogP contribution in [0.5, 0.6) is 5.75 Å². The highest BCUT2D eigenvalue weighted by molar-refractivity contribution is 5.94. The Bertz CT molecular complexity index is 1280. The van der Waals surface area contributed by atoms with E-state index in [-0.39, 0.29) is 18.5 Å². The molecule has 0 atom stereocenters. The summed E-state index contributed by atoms with van der Waals surface area (Å²) < 4.78 is 29.9. The molecule has 40 heavy (non-hydrogen) atoms. The van der Waals surface area contributed by atoms with E-state index >= 15 is 0 Å². The number of carbonyl (C=O) groups excluding carboxylic acids is 1. The van der Waals surface area contributed by atoms with Crippen LogP contribution in [0.3, 0.4) is 0 Å². The van der Waals surface area contributed by atoms with Crippen molar-refractivity contribution in [2.75, 3.05) is 46.0 Å². The Balaban J connectivity index is 1.52. The lowest BCUT2D eigenvalue weighted by atomic mass is 10.0. The van der Waals surface area contributed by atoms with E-state index in [1.54, 1.807) is 48.8 Å². The summed E-state index contributed by atoms with van der Waals surface area (Å²) in [6, 6.07) is 17.9. The number of benzene rings is 2. The van der Waals surface area contributed by atoms with Gasteiger partial charge in [0.25, 0.3) is 5.91 Å². The van der Waals surface area contributed by atoms with Gasteiger partial charge < -0.3 is 19.5 Å². The number of carboxylic acid groups (broad SMARTS) is 1. The van der Waals surface area contributed by atoms with E-state index in [0.29, 0.717) is 56.8 Å². The Hall–Kier alpha value is -3.75. The number of aliphatic carboxylic acids is 1. The molecule has 1 aliphatic heterocycles. The maximum absolute atomic E-state index is 13.9. The van der Waals surface area contributed by atoms with Crippen molar-refractivity contribution in [2.24, 2.45) is 0 Å². The van der Waals surface area contributed by atoms with Crippen molar-refractivity contribution >= 4 is 11.9 Å². The number of morpholine rings is 1. The lowest BCUT2D eigenvalue weighted by Gasteiger charge is -2.29. The number of nitrogens with zero attached hydrogens (tertiary/aromatic N) is 3. The third kappa shape index (κ3) is 9.17. The summed E-state index contributed by atoms with van der Waals surface area (Å²) in [6.07, 6.45) is 6.06. The third-order valence-electron chi connectivity index (χ3n) is 6.79. The van der Waals surface area contributed by atoms with Gasteiger partial charge in [0.1, 0.15) is 5.75 Å². The van der Waals surface area contributed by atoms with Crippen LogP contribution in [0.2, 0.25) is 0 Å². The summed E-state index contributed by atoms with van der Waals surface area (Å²) in [7, 11) is 0. The first kappa shape index (κ1) is 26.5. The predicted molar refractivity (Wildman–Crippen MR) is 154 cm³/mol. The first-order chi connectivity index (χ1) is 20.4. The molecule has 1 fully saturated rings. The molecule has 212 valence electrons. The molecule has 0 aliphatic carbocycles. The number of amides is 1. The Morgan fingerprint density at radius 1 is 0.950 bits per heavy atom. The molecule has 0 radical (unpaired) electrons. The molecule has 2 aromatic carbocycles. The quantitative estimate of drug-likeness (QED) is 0.264. The van der Waals surface area contributed by atoms with Crippen LogP contribution in [0.25, 0.3) is 11.1 Å². The minimum atomic E-state index is -2.15. The Morgan fingerprint density at radius 3 is 2.42 bits per heavy atom. The highest BCUT2D eigenvalue weighted by Crippen LogP contribution is 2.23. The van der Waals surface area contributed by atoms with Crippen LogP contribution in [0.15, 0.2) is 73.1 Å². The number of ether oxygens (including phenoxy) is 2. The van der Waals surface area contributed by atoms with E-state index in [9.17, 15) is 12.3 Å². The number of pyridine rings is 1. The molecule has 0 spiro atoms. The lowest BCUT2D eigenvalue weighted by Crippen LogP contribution is -2.39. The van der Waals surface area contributed by atoms with E-state index in [4.69, 9.17) is 14.6 Å². The minimum Gasteiger partial charge on any atom is -0.493 e. The molecule has 4 rings (SSSR count). The number of para-hydroxylation sites is 1. The van der Waals surface area contributed by atoms with Gasteiger partial charge in [0.05, 0.1) is 22.6 Å². The normalized spacial score (nSPS) is 14.7. The van der Waals surface area contributed by atoms with Gasteiger partial charge in [0.15, 0.2) is 0 Å². The zero-order chi connectivity index (χ0) is 29.8. The molecule has 8 nitrogen and oxygen atoms in total. The predicted octanol–water partition coefficient (Wildman–Crippen LogP) is 5.14. The summed E-state index contributed by atoms with van der Waals surface area (Å²) >= 11 is 0.